The molecule has 0 aromatic carbocycles. The second kappa shape index (κ2) is 9.78. The lowest BCUT2D eigenvalue weighted by Gasteiger charge is -2.35. The quantitative estimate of drug-likeness (QED) is 0.709. The topological polar surface area (TPSA) is 124 Å². The summed E-state index contributed by atoms with van der Waals surface area (Å²) in [7, 11) is 0. The Labute approximate surface area is 185 Å². The largest absolute Gasteiger partial charge is 0.489 e. The molecule has 168 valence electrons. The van der Waals surface area contributed by atoms with E-state index in [-0.39, 0.29) is 23.7 Å². The molecule has 32 heavy (non-hydrogen) atoms. The number of aromatic amines is 1. The van der Waals surface area contributed by atoms with Crippen molar-refractivity contribution in [1.82, 2.24) is 20.1 Å². The van der Waals surface area contributed by atoms with Crippen molar-refractivity contribution in [3.05, 3.63) is 46.0 Å². The molecule has 2 aromatic rings. The van der Waals surface area contributed by atoms with Crippen LogP contribution in [-0.2, 0) is 9.53 Å². The second-order valence-electron chi connectivity index (χ2n) is 8.05. The van der Waals surface area contributed by atoms with Crippen molar-refractivity contribution < 1.29 is 14.3 Å². The average molecular weight is 438 g/mol. The molecular formula is C22H26N6O4. The highest BCUT2D eigenvalue weighted by molar-refractivity contribution is 5.77. The minimum absolute atomic E-state index is 0.0960. The fourth-order valence-corrected chi connectivity index (χ4v) is 3.97. The van der Waals surface area contributed by atoms with Gasteiger partial charge in [0, 0.05) is 32.4 Å². The number of nitriles is 1. The van der Waals surface area contributed by atoms with Crippen LogP contribution in [0.15, 0.2) is 29.3 Å². The number of carbonyl (C=O) groups excluding carboxylic acids is 1. The summed E-state index contributed by atoms with van der Waals surface area (Å²) < 4.78 is 11.7. The molecule has 2 fully saturated rings. The van der Waals surface area contributed by atoms with Gasteiger partial charge in [0.25, 0.3) is 5.56 Å². The van der Waals surface area contributed by atoms with Gasteiger partial charge in [0.05, 0.1) is 36.0 Å². The van der Waals surface area contributed by atoms with Crippen LogP contribution >= 0.6 is 0 Å². The third kappa shape index (κ3) is 5.06. The zero-order valence-electron chi connectivity index (χ0n) is 18.0. The van der Waals surface area contributed by atoms with E-state index in [1.54, 1.807) is 19.2 Å². The molecule has 2 atom stereocenters. The van der Waals surface area contributed by atoms with Crippen LogP contribution in [0.2, 0.25) is 0 Å². The van der Waals surface area contributed by atoms with Gasteiger partial charge in [0.1, 0.15) is 24.2 Å². The van der Waals surface area contributed by atoms with Gasteiger partial charge in [-0.05, 0) is 31.9 Å². The lowest BCUT2D eigenvalue weighted by Crippen LogP contribution is -2.49. The van der Waals surface area contributed by atoms with E-state index < -0.39 is 0 Å². The lowest BCUT2D eigenvalue weighted by molar-refractivity contribution is -0.134. The Morgan fingerprint density at radius 1 is 1.25 bits per heavy atom. The molecule has 2 unspecified atom stereocenters. The van der Waals surface area contributed by atoms with Crippen LogP contribution in [0.4, 0.5) is 5.82 Å². The first-order chi connectivity index (χ1) is 15.5. The Bertz CT molecular complexity index is 1040. The molecule has 10 heteroatoms. The Morgan fingerprint density at radius 2 is 2.03 bits per heavy atom. The summed E-state index contributed by atoms with van der Waals surface area (Å²) in [5.41, 5.74) is 0.750. The molecule has 0 bridgehead atoms. The fraction of sp³-hybridized carbons (Fsp3) is 0.500. The Kier molecular flexibility index (Phi) is 6.66. The molecule has 2 aliphatic rings. The van der Waals surface area contributed by atoms with E-state index in [4.69, 9.17) is 14.7 Å². The van der Waals surface area contributed by atoms with Gasteiger partial charge in [-0.25, -0.2) is 10.1 Å². The maximum atomic E-state index is 12.7. The minimum Gasteiger partial charge on any atom is -0.489 e. The maximum absolute atomic E-state index is 12.7. The number of pyridine rings is 1. The summed E-state index contributed by atoms with van der Waals surface area (Å²) in [5.74, 6) is 1.37. The van der Waals surface area contributed by atoms with Gasteiger partial charge in [0.2, 0.25) is 5.91 Å². The first-order valence-electron chi connectivity index (χ1n) is 10.7. The van der Waals surface area contributed by atoms with Crippen molar-refractivity contribution in [2.45, 2.75) is 38.4 Å². The lowest BCUT2D eigenvalue weighted by atomic mass is 10.1. The number of amides is 1. The smallest absolute Gasteiger partial charge is 0.270 e. The van der Waals surface area contributed by atoms with Gasteiger partial charge in [-0.2, -0.15) is 10.4 Å². The van der Waals surface area contributed by atoms with Crippen LogP contribution in [0.5, 0.6) is 5.75 Å². The fourth-order valence-electron chi connectivity index (χ4n) is 3.97. The van der Waals surface area contributed by atoms with Crippen LogP contribution in [-0.4, -0.2) is 71.0 Å². The first kappa shape index (κ1) is 21.8. The van der Waals surface area contributed by atoms with Crippen molar-refractivity contribution in [3.8, 4) is 11.8 Å². The van der Waals surface area contributed by atoms with Crippen LogP contribution in [0.25, 0.3) is 0 Å². The third-order valence-corrected chi connectivity index (χ3v) is 5.91. The van der Waals surface area contributed by atoms with Crippen molar-refractivity contribution in [3.63, 3.8) is 0 Å². The number of anilines is 1. The number of hydrogen-bond donors (Lipinski definition) is 1. The molecule has 2 saturated heterocycles. The first-order valence-corrected chi connectivity index (χ1v) is 10.7. The molecule has 0 saturated carbocycles. The van der Waals surface area contributed by atoms with E-state index in [0.717, 1.165) is 18.7 Å². The van der Waals surface area contributed by atoms with Crippen molar-refractivity contribution in [1.29, 1.82) is 5.26 Å². The van der Waals surface area contributed by atoms with Crippen LogP contribution in [0.1, 0.15) is 30.4 Å². The van der Waals surface area contributed by atoms with Gasteiger partial charge >= 0.3 is 0 Å². The van der Waals surface area contributed by atoms with Gasteiger partial charge in [-0.3, -0.25) is 9.59 Å². The minimum atomic E-state index is -0.270. The van der Waals surface area contributed by atoms with Crippen molar-refractivity contribution in [2.24, 2.45) is 0 Å². The number of nitrogens with one attached hydrogen (secondary N) is 1. The SMILES string of the molecule is Cc1c(OCC2CCC(CC(=O)N3CCN(c4ccc(C#N)cn4)CC3)O2)cn[nH]c1=O. The number of carbonyl (C=O) groups is 1. The summed E-state index contributed by atoms with van der Waals surface area (Å²) in [6.45, 7) is 4.69. The highest BCUT2D eigenvalue weighted by Gasteiger charge is 2.30. The summed E-state index contributed by atoms with van der Waals surface area (Å²) in [6, 6.07) is 5.66. The average Bonchev–Trinajstić information content (AvgIpc) is 3.27. The summed E-state index contributed by atoms with van der Waals surface area (Å²) in [6.07, 6.45) is 4.81. The summed E-state index contributed by atoms with van der Waals surface area (Å²) in [4.78, 5) is 32.7. The highest BCUT2D eigenvalue weighted by atomic mass is 16.5. The third-order valence-electron chi connectivity index (χ3n) is 5.91. The highest BCUT2D eigenvalue weighted by Crippen LogP contribution is 2.24. The van der Waals surface area contributed by atoms with Crippen LogP contribution < -0.4 is 15.2 Å². The van der Waals surface area contributed by atoms with Gasteiger partial charge in [-0.15, -0.1) is 0 Å². The van der Waals surface area contributed by atoms with Crippen molar-refractivity contribution >= 4 is 11.7 Å². The van der Waals surface area contributed by atoms with E-state index in [9.17, 15) is 9.59 Å². The molecule has 4 rings (SSSR count). The summed E-state index contributed by atoms with van der Waals surface area (Å²) in [5, 5.41) is 15.0. The van der Waals surface area contributed by atoms with E-state index in [1.165, 1.54) is 6.20 Å². The second-order valence-corrected chi connectivity index (χ2v) is 8.05. The zero-order chi connectivity index (χ0) is 22.5. The molecule has 1 N–H and O–H groups in total. The van der Waals surface area contributed by atoms with Gasteiger partial charge < -0.3 is 19.3 Å². The number of H-pyrrole nitrogens is 1. The Hall–Kier alpha value is -3.45. The van der Waals surface area contributed by atoms with E-state index in [0.29, 0.717) is 56.1 Å². The van der Waals surface area contributed by atoms with E-state index in [2.05, 4.69) is 26.2 Å². The Balaban J connectivity index is 1.20. The number of piperazine rings is 1. The standard InChI is InChI=1S/C22H26N6O4/c1-15-19(13-25-26-22(15)30)31-14-18-4-3-17(32-18)10-21(29)28-8-6-27(7-9-28)20-5-2-16(11-23)12-24-20/h2,5,12-13,17-18H,3-4,6-10,14H2,1H3,(H,26,30). The van der Waals surface area contributed by atoms with Gasteiger partial charge in [-0.1, -0.05) is 0 Å². The maximum Gasteiger partial charge on any atom is 0.270 e. The molecule has 2 aliphatic heterocycles. The van der Waals surface area contributed by atoms with Crippen molar-refractivity contribution in [2.75, 3.05) is 37.7 Å². The number of ether oxygens (including phenoxy) is 2. The molecule has 0 spiro atoms. The Morgan fingerprint density at radius 3 is 2.75 bits per heavy atom. The zero-order valence-corrected chi connectivity index (χ0v) is 18.0. The van der Waals surface area contributed by atoms with E-state index >= 15 is 0 Å². The monoisotopic (exact) mass is 438 g/mol. The molecule has 2 aromatic heterocycles. The number of hydrogen-bond acceptors (Lipinski definition) is 8. The predicted octanol–water partition coefficient (Wildman–Crippen LogP) is 1.01. The molecule has 4 heterocycles. The normalized spacial score (nSPS) is 20.8. The molecular weight excluding hydrogens is 412 g/mol. The van der Waals surface area contributed by atoms with Crippen LogP contribution in [0.3, 0.4) is 0 Å². The molecule has 1 amide bonds. The number of rotatable bonds is 6. The van der Waals surface area contributed by atoms with Gasteiger partial charge in [0.15, 0.2) is 0 Å². The number of aromatic nitrogens is 3. The predicted molar refractivity (Wildman–Crippen MR) is 115 cm³/mol. The number of nitrogens with zero attached hydrogens (tertiary/aromatic N) is 5. The molecule has 0 radical (unpaired) electrons. The van der Waals surface area contributed by atoms with Crippen LogP contribution in [0, 0.1) is 18.3 Å². The van der Waals surface area contributed by atoms with E-state index in [1.807, 2.05) is 11.0 Å². The molecule has 10 nitrogen and oxygen atoms in total. The molecule has 0 aliphatic carbocycles. The summed E-state index contributed by atoms with van der Waals surface area (Å²) >= 11 is 0.